The van der Waals surface area contributed by atoms with Crippen LogP contribution < -0.4 is 10.1 Å². The number of benzene rings is 3. The van der Waals surface area contributed by atoms with Crippen LogP contribution in [0.1, 0.15) is 54.7 Å². The molecule has 1 N–H and O–H groups in total. The number of rotatable bonds is 11. The molecule has 3 aromatic carbocycles. The van der Waals surface area contributed by atoms with Crippen LogP contribution in [0.25, 0.3) is 11.0 Å². The number of aromatic nitrogens is 2. The Morgan fingerprint density at radius 1 is 0.971 bits per heavy atom. The number of hydrogen-bond acceptors (Lipinski definition) is 3. The second kappa shape index (κ2) is 11.7. The summed E-state index contributed by atoms with van der Waals surface area (Å²) < 4.78 is 8.20. The van der Waals surface area contributed by atoms with E-state index in [1.165, 1.54) is 16.7 Å². The van der Waals surface area contributed by atoms with Crippen molar-refractivity contribution in [2.75, 3.05) is 6.61 Å². The molecule has 5 nitrogen and oxygen atoms in total. The molecule has 0 fully saturated rings. The van der Waals surface area contributed by atoms with Crippen molar-refractivity contribution in [3.63, 3.8) is 0 Å². The Labute approximate surface area is 208 Å². The van der Waals surface area contributed by atoms with Gasteiger partial charge in [0.15, 0.2) is 0 Å². The van der Waals surface area contributed by atoms with Crippen LogP contribution in [0, 0.1) is 13.8 Å². The number of nitrogens with zero attached hydrogens (tertiary/aromatic N) is 2. The molecule has 0 radical (unpaired) electrons. The Hall–Kier alpha value is -3.60. The lowest BCUT2D eigenvalue weighted by atomic mass is 10.1. The monoisotopic (exact) mass is 469 g/mol. The molecule has 1 unspecified atom stereocenters. The van der Waals surface area contributed by atoms with Gasteiger partial charge in [-0.2, -0.15) is 0 Å². The van der Waals surface area contributed by atoms with Gasteiger partial charge in [0.1, 0.15) is 11.6 Å². The van der Waals surface area contributed by atoms with E-state index >= 15 is 0 Å². The number of ether oxygens (including phenoxy) is 1. The third kappa shape index (κ3) is 6.50. The van der Waals surface area contributed by atoms with Crippen LogP contribution >= 0.6 is 0 Å². The number of aryl methyl sites for hydroxylation is 4. The Morgan fingerprint density at radius 3 is 2.54 bits per heavy atom. The Kier molecular flexibility index (Phi) is 8.19. The largest absolute Gasteiger partial charge is 0.494 e. The third-order valence-corrected chi connectivity index (χ3v) is 6.46. The highest BCUT2D eigenvalue weighted by molar-refractivity contribution is 5.78. The van der Waals surface area contributed by atoms with E-state index in [9.17, 15) is 4.79 Å². The van der Waals surface area contributed by atoms with Gasteiger partial charge in [-0.05, 0) is 81.0 Å². The molecule has 1 amide bonds. The lowest BCUT2D eigenvalue weighted by molar-refractivity contribution is -0.121. The minimum absolute atomic E-state index is 0.0433. The summed E-state index contributed by atoms with van der Waals surface area (Å²) in [7, 11) is 0. The van der Waals surface area contributed by atoms with Gasteiger partial charge >= 0.3 is 0 Å². The standard InChI is InChI=1S/C30H35N3O2/c1-22-15-17-26(21-23(22)2)35-20-10-9-19-33-28-14-8-7-13-27(28)32-30(33)24(3)31-29(34)18-16-25-11-5-4-6-12-25/h4-8,11-15,17,21,24H,9-10,16,18-20H2,1-3H3,(H,31,34). The van der Waals surface area contributed by atoms with Crippen molar-refractivity contribution in [2.45, 2.75) is 59.0 Å². The predicted octanol–water partition coefficient (Wildman–Crippen LogP) is 6.32. The average molecular weight is 470 g/mol. The van der Waals surface area contributed by atoms with Gasteiger partial charge in [-0.1, -0.05) is 48.5 Å². The predicted molar refractivity (Wildman–Crippen MR) is 142 cm³/mol. The summed E-state index contributed by atoms with van der Waals surface area (Å²) in [5, 5.41) is 3.15. The van der Waals surface area contributed by atoms with Crippen LogP contribution in [-0.4, -0.2) is 22.1 Å². The Morgan fingerprint density at radius 2 is 1.74 bits per heavy atom. The second-order valence-corrected chi connectivity index (χ2v) is 9.19. The zero-order chi connectivity index (χ0) is 24.6. The summed E-state index contributed by atoms with van der Waals surface area (Å²) in [6.07, 6.45) is 3.10. The molecule has 0 aliphatic carbocycles. The maximum atomic E-state index is 12.6. The molecule has 0 aliphatic rings. The molecule has 0 bridgehead atoms. The van der Waals surface area contributed by atoms with Gasteiger partial charge in [0.05, 0.1) is 23.7 Å². The molecule has 0 spiro atoms. The van der Waals surface area contributed by atoms with Gasteiger partial charge in [0.2, 0.25) is 5.91 Å². The first-order chi connectivity index (χ1) is 17.0. The van der Waals surface area contributed by atoms with Crippen LogP contribution in [0.4, 0.5) is 0 Å². The van der Waals surface area contributed by atoms with Crippen molar-refractivity contribution < 1.29 is 9.53 Å². The molecule has 0 saturated carbocycles. The maximum absolute atomic E-state index is 12.6. The van der Waals surface area contributed by atoms with Crippen LogP contribution in [0.3, 0.4) is 0 Å². The van der Waals surface area contributed by atoms with Crippen molar-refractivity contribution in [3.05, 3.63) is 95.3 Å². The molecule has 4 aromatic rings. The number of hydrogen-bond donors (Lipinski definition) is 1. The van der Waals surface area contributed by atoms with E-state index < -0.39 is 0 Å². The molecule has 0 aliphatic heterocycles. The number of unbranched alkanes of at least 4 members (excludes halogenated alkanes) is 1. The normalized spacial score (nSPS) is 12.0. The summed E-state index contributed by atoms with van der Waals surface area (Å²) in [4.78, 5) is 17.5. The van der Waals surface area contributed by atoms with Crippen LogP contribution in [0.2, 0.25) is 0 Å². The van der Waals surface area contributed by atoms with E-state index in [4.69, 9.17) is 9.72 Å². The zero-order valence-electron chi connectivity index (χ0n) is 21.0. The number of carbonyl (C=O) groups excluding carboxylic acids is 1. The van der Waals surface area contributed by atoms with E-state index in [0.717, 1.165) is 48.4 Å². The molecule has 5 heteroatoms. The van der Waals surface area contributed by atoms with Gasteiger partial charge in [-0.3, -0.25) is 4.79 Å². The number of imidazole rings is 1. The number of nitrogens with one attached hydrogen (secondary N) is 1. The summed E-state index contributed by atoms with van der Waals surface area (Å²) in [6.45, 7) is 7.74. The quantitative estimate of drug-likeness (QED) is 0.261. The summed E-state index contributed by atoms with van der Waals surface area (Å²) in [5.41, 5.74) is 5.75. The van der Waals surface area contributed by atoms with E-state index in [1.807, 2.05) is 49.4 Å². The van der Waals surface area contributed by atoms with Crippen molar-refractivity contribution in [3.8, 4) is 5.75 Å². The van der Waals surface area contributed by atoms with Crippen molar-refractivity contribution in [2.24, 2.45) is 0 Å². The number of fused-ring (bicyclic) bond motifs is 1. The maximum Gasteiger partial charge on any atom is 0.220 e. The average Bonchev–Trinajstić information content (AvgIpc) is 3.24. The minimum Gasteiger partial charge on any atom is -0.494 e. The lowest BCUT2D eigenvalue weighted by Gasteiger charge is -2.17. The minimum atomic E-state index is -0.169. The third-order valence-electron chi connectivity index (χ3n) is 6.46. The van der Waals surface area contributed by atoms with E-state index in [-0.39, 0.29) is 11.9 Å². The van der Waals surface area contributed by atoms with Crippen LogP contribution in [0.15, 0.2) is 72.8 Å². The summed E-state index contributed by atoms with van der Waals surface area (Å²) in [6, 6.07) is 24.3. The highest BCUT2D eigenvalue weighted by atomic mass is 16.5. The fourth-order valence-corrected chi connectivity index (χ4v) is 4.31. The Bertz CT molecular complexity index is 1260. The van der Waals surface area contributed by atoms with E-state index in [0.29, 0.717) is 13.0 Å². The highest BCUT2D eigenvalue weighted by Crippen LogP contribution is 2.22. The molecule has 35 heavy (non-hydrogen) atoms. The molecule has 1 atom stereocenters. The molecule has 4 rings (SSSR count). The van der Waals surface area contributed by atoms with E-state index in [1.54, 1.807) is 0 Å². The van der Waals surface area contributed by atoms with Crippen molar-refractivity contribution >= 4 is 16.9 Å². The topological polar surface area (TPSA) is 56.1 Å². The van der Waals surface area contributed by atoms with Gasteiger partial charge in [-0.25, -0.2) is 4.98 Å². The molecule has 1 aromatic heterocycles. The summed E-state index contributed by atoms with van der Waals surface area (Å²) in [5.74, 6) is 1.87. The van der Waals surface area contributed by atoms with Crippen molar-refractivity contribution in [1.82, 2.24) is 14.9 Å². The smallest absolute Gasteiger partial charge is 0.220 e. The Balaban J connectivity index is 1.35. The van der Waals surface area contributed by atoms with E-state index in [2.05, 4.69) is 54.1 Å². The molecular formula is C30H35N3O2. The number of para-hydroxylation sites is 2. The zero-order valence-corrected chi connectivity index (χ0v) is 21.0. The van der Waals surface area contributed by atoms with Gasteiger partial charge in [0, 0.05) is 13.0 Å². The first kappa shape index (κ1) is 24.5. The highest BCUT2D eigenvalue weighted by Gasteiger charge is 2.18. The SMILES string of the molecule is Cc1ccc(OCCCCn2c(C(C)NC(=O)CCc3ccccc3)nc3ccccc32)cc1C. The number of amides is 1. The van der Waals surface area contributed by atoms with Crippen molar-refractivity contribution in [1.29, 1.82) is 0 Å². The first-order valence-corrected chi connectivity index (χ1v) is 12.5. The second-order valence-electron chi connectivity index (χ2n) is 9.19. The molecule has 1 heterocycles. The molecular weight excluding hydrogens is 434 g/mol. The van der Waals surface area contributed by atoms with Gasteiger partial charge in [-0.15, -0.1) is 0 Å². The first-order valence-electron chi connectivity index (χ1n) is 12.5. The fraction of sp³-hybridized carbons (Fsp3) is 0.333. The van der Waals surface area contributed by atoms with Gasteiger partial charge in [0.25, 0.3) is 0 Å². The number of carbonyl (C=O) groups is 1. The lowest BCUT2D eigenvalue weighted by Crippen LogP contribution is -2.29. The van der Waals surface area contributed by atoms with Crippen LogP contribution in [0.5, 0.6) is 5.75 Å². The molecule has 182 valence electrons. The summed E-state index contributed by atoms with van der Waals surface area (Å²) >= 11 is 0. The molecule has 0 saturated heterocycles. The van der Waals surface area contributed by atoms with Gasteiger partial charge < -0.3 is 14.6 Å². The van der Waals surface area contributed by atoms with Crippen LogP contribution in [-0.2, 0) is 17.8 Å². The fourth-order valence-electron chi connectivity index (χ4n) is 4.31.